The molecule has 1 aromatic carbocycles. The lowest BCUT2D eigenvalue weighted by atomic mass is 9.60. The highest BCUT2D eigenvalue weighted by Gasteiger charge is 2.53. The minimum Gasteiger partial charge on any atom is -0.490 e. The van der Waals surface area contributed by atoms with Crippen LogP contribution in [0.25, 0.3) is 0 Å². The van der Waals surface area contributed by atoms with Crippen molar-refractivity contribution in [2.24, 2.45) is 5.41 Å². The molecule has 0 spiro atoms. The lowest BCUT2D eigenvalue weighted by molar-refractivity contribution is -0.159. The average molecular weight is 278 g/mol. The van der Waals surface area contributed by atoms with Gasteiger partial charge in [0.2, 0.25) is 0 Å². The minimum absolute atomic E-state index is 0.0608. The predicted octanol–water partition coefficient (Wildman–Crippen LogP) is 3.19. The van der Waals surface area contributed by atoms with Crippen LogP contribution >= 0.6 is 0 Å². The van der Waals surface area contributed by atoms with Crippen molar-refractivity contribution in [3.63, 3.8) is 0 Å². The summed E-state index contributed by atoms with van der Waals surface area (Å²) in [6.45, 7) is 5.01. The summed E-state index contributed by atoms with van der Waals surface area (Å²) >= 11 is 0. The van der Waals surface area contributed by atoms with E-state index in [4.69, 9.17) is 9.47 Å². The fourth-order valence-corrected chi connectivity index (χ4v) is 3.19. The Kier molecular flexibility index (Phi) is 5.06. The number of ether oxygens (including phenoxy) is 2. The molecule has 2 atom stereocenters. The summed E-state index contributed by atoms with van der Waals surface area (Å²) in [5.41, 5.74) is 1.19. The number of hydrogen-bond donors (Lipinski definition) is 1. The van der Waals surface area contributed by atoms with Crippen molar-refractivity contribution in [1.29, 1.82) is 0 Å². The second-order valence-electron chi connectivity index (χ2n) is 5.69. The summed E-state index contributed by atoms with van der Waals surface area (Å²) < 4.78 is 11.2. The lowest BCUT2D eigenvalue weighted by Crippen LogP contribution is -2.59. The molecule has 0 saturated heterocycles. The summed E-state index contributed by atoms with van der Waals surface area (Å²) in [4.78, 5) is 0. The Morgan fingerprint density at radius 2 is 1.85 bits per heavy atom. The Morgan fingerprint density at radius 3 is 2.35 bits per heavy atom. The number of benzene rings is 1. The molecule has 1 aliphatic rings. The fraction of sp³-hybridized carbons (Fsp3) is 0.647. The third kappa shape index (κ3) is 2.84. The molecule has 2 unspecified atom stereocenters. The molecule has 2 rings (SSSR count). The Morgan fingerprint density at radius 1 is 1.20 bits per heavy atom. The van der Waals surface area contributed by atoms with Gasteiger partial charge in [0.05, 0.1) is 12.7 Å². The van der Waals surface area contributed by atoms with Gasteiger partial charge in [0.1, 0.15) is 11.9 Å². The van der Waals surface area contributed by atoms with Gasteiger partial charge in [0, 0.05) is 18.9 Å². The van der Waals surface area contributed by atoms with E-state index in [-0.39, 0.29) is 17.6 Å². The van der Waals surface area contributed by atoms with Crippen LogP contribution in [0.15, 0.2) is 24.3 Å². The van der Waals surface area contributed by atoms with Gasteiger partial charge in [-0.2, -0.15) is 0 Å². The van der Waals surface area contributed by atoms with E-state index in [1.807, 2.05) is 12.1 Å². The van der Waals surface area contributed by atoms with E-state index >= 15 is 0 Å². The van der Waals surface area contributed by atoms with Gasteiger partial charge in [-0.3, -0.25) is 0 Å². The van der Waals surface area contributed by atoms with E-state index in [9.17, 15) is 5.11 Å². The van der Waals surface area contributed by atoms with Gasteiger partial charge < -0.3 is 14.6 Å². The number of methoxy groups -OCH3 is 1. The van der Waals surface area contributed by atoms with Crippen LogP contribution in [0.5, 0.6) is 5.75 Å². The maximum atomic E-state index is 10.1. The fourth-order valence-electron chi connectivity index (χ4n) is 3.19. The second kappa shape index (κ2) is 6.59. The highest BCUT2D eigenvalue weighted by Crippen LogP contribution is 2.48. The molecule has 20 heavy (non-hydrogen) atoms. The molecule has 0 bridgehead atoms. The largest absolute Gasteiger partial charge is 0.490 e. The van der Waals surface area contributed by atoms with Crippen molar-refractivity contribution >= 4 is 0 Å². The van der Waals surface area contributed by atoms with Crippen LogP contribution in [0, 0.1) is 5.41 Å². The number of hydrogen-bond acceptors (Lipinski definition) is 3. The van der Waals surface area contributed by atoms with Gasteiger partial charge in [-0.15, -0.1) is 0 Å². The quantitative estimate of drug-likeness (QED) is 0.832. The zero-order valence-corrected chi connectivity index (χ0v) is 12.8. The standard InChI is InChI=1S/C17H26O3/c1-4-17(5-2)15(18)12-16(17)20-14-8-6-13(7-9-14)10-11-19-3/h6-9,15-16,18H,4-5,10-12H2,1-3H3. The monoisotopic (exact) mass is 278 g/mol. The highest BCUT2D eigenvalue weighted by molar-refractivity contribution is 5.28. The number of aliphatic hydroxyl groups excluding tert-OH is 1. The summed E-state index contributed by atoms with van der Waals surface area (Å²) in [6.07, 6.45) is 3.50. The van der Waals surface area contributed by atoms with E-state index in [1.165, 1.54) is 5.56 Å². The Hall–Kier alpha value is -1.06. The third-order valence-corrected chi connectivity index (χ3v) is 4.86. The van der Waals surface area contributed by atoms with E-state index in [2.05, 4.69) is 26.0 Å². The molecule has 112 valence electrons. The first-order chi connectivity index (χ1) is 9.66. The molecule has 0 radical (unpaired) electrons. The highest BCUT2D eigenvalue weighted by atomic mass is 16.5. The van der Waals surface area contributed by atoms with Crippen molar-refractivity contribution in [2.45, 2.75) is 51.7 Å². The molecule has 0 aromatic heterocycles. The molecule has 1 aromatic rings. The molecule has 1 aliphatic carbocycles. The van der Waals surface area contributed by atoms with E-state index in [0.717, 1.165) is 38.0 Å². The molecular formula is C17H26O3. The average Bonchev–Trinajstić information content (AvgIpc) is 2.47. The molecule has 0 amide bonds. The van der Waals surface area contributed by atoms with Crippen LogP contribution in [0.2, 0.25) is 0 Å². The van der Waals surface area contributed by atoms with Crippen LogP contribution in [0.3, 0.4) is 0 Å². The van der Waals surface area contributed by atoms with Gasteiger partial charge in [0.25, 0.3) is 0 Å². The van der Waals surface area contributed by atoms with E-state index in [1.54, 1.807) is 7.11 Å². The van der Waals surface area contributed by atoms with Gasteiger partial charge in [0.15, 0.2) is 0 Å². The molecule has 3 nitrogen and oxygen atoms in total. The van der Waals surface area contributed by atoms with Crippen LogP contribution in [-0.2, 0) is 11.2 Å². The molecule has 0 heterocycles. The Balaban J connectivity index is 1.97. The summed E-state index contributed by atoms with van der Waals surface area (Å²) in [5.74, 6) is 0.898. The molecule has 1 N–H and O–H groups in total. The maximum absolute atomic E-state index is 10.1. The van der Waals surface area contributed by atoms with Gasteiger partial charge in [-0.25, -0.2) is 0 Å². The smallest absolute Gasteiger partial charge is 0.119 e. The van der Waals surface area contributed by atoms with Crippen LogP contribution in [-0.4, -0.2) is 31.0 Å². The van der Waals surface area contributed by atoms with Crippen molar-refractivity contribution in [3.05, 3.63) is 29.8 Å². The van der Waals surface area contributed by atoms with E-state index in [0.29, 0.717) is 0 Å². The topological polar surface area (TPSA) is 38.7 Å². The van der Waals surface area contributed by atoms with Gasteiger partial charge >= 0.3 is 0 Å². The van der Waals surface area contributed by atoms with Crippen molar-refractivity contribution < 1.29 is 14.6 Å². The maximum Gasteiger partial charge on any atom is 0.119 e. The number of aliphatic hydroxyl groups is 1. The van der Waals surface area contributed by atoms with Gasteiger partial charge in [-0.05, 0) is 37.0 Å². The predicted molar refractivity (Wildman–Crippen MR) is 80.1 cm³/mol. The first-order valence-electron chi connectivity index (χ1n) is 7.59. The second-order valence-corrected chi connectivity index (χ2v) is 5.69. The molecule has 0 aliphatic heterocycles. The van der Waals surface area contributed by atoms with Crippen LogP contribution in [0.1, 0.15) is 38.7 Å². The minimum atomic E-state index is -0.219. The summed E-state index contributed by atoms with van der Waals surface area (Å²) in [5, 5.41) is 10.1. The molecular weight excluding hydrogens is 252 g/mol. The van der Waals surface area contributed by atoms with Crippen molar-refractivity contribution in [2.75, 3.05) is 13.7 Å². The zero-order chi connectivity index (χ0) is 14.6. The normalized spacial score (nSPS) is 24.2. The lowest BCUT2D eigenvalue weighted by Gasteiger charge is -2.52. The van der Waals surface area contributed by atoms with Gasteiger partial charge in [-0.1, -0.05) is 26.0 Å². The summed E-state index contributed by atoms with van der Waals surface area (Å²) in [7, 11) is 1.72. The Bertz CT molecular complexity index is 409. The summed E-state index contributed by atoms with van der Waals surface area (Å²) in [6, 6.07) is 8.21. The van der Waals surface area contributed by atoms with Crippen LogP contribution in [0.4, 0.5) is 0 Å². The van der Waals surface area contributed by atoms with Crippen molar-refractivity contribution in [1.82, 2.24) is 0 Å². The SMILES string of the molecule is CCC1(CC)C(O)CC1Oc1ccc(CCOC)cc1. The Labute approximate surface area is 121 Å². The van der Waals surface area contributed by atoms with Crippen LogP contribution < -0.4 is 4.74 Å². The number of rotatable bonds is 7. The van der Waals surface area contributed by atoms with E-state index < -0.39 is 0 Å². The first-order valence-corrected chi connectivity index (χ1v) is 7.59. The molecule has 1 fully saturated rings. The first kappa shape index (κ1) is 15.3. The zero-order valence-electron chi connectivity index (χ0n) is 12.8. The third-order valence-electron chi connectivity index (χ3n) is 4.86. The molecule has 1 saturated carbocycles. The van der Waals surface area contributed by atoms with Crippen molar-refractivity contribution in [3.8, 4) is 5.75 Å². The molecule has 3 heteroatoms.